The van der Waals surface area contributed by atoms with Crippen molar-refractivity contribution >= 4 is 33.5 Å². The Labute approximate surface area is 252 Å². The quantitative estimate of drug-likeness (QED) is 0.353. The first-order valence-corrected chi connectivity index (χ1v) is 16.2. The number of halogens is 1. The van der Waals surface area contributed by atoms with Gasteiger partial charge in [-0.1, -0.05) is 30.7 Å². The van der Waals surface area contributed by atoms with Crippen LogP contribution in [0.3, 0.4) is 0 Å². The third-order valence-corrected chi connectivity index (χ3v) is 9.44. The van der Waals surface area contributed by atoms with Crippen LogP contribution in [0.4, 0.5) is 5.82 Å². The summed E-state index contributed by atoms with van der Waals surface area (Å²) in [5.41, 5.74) is 1.28. The van der Waals surface area contributed by atoms with Gasteiger partial charge in [0.1, 0.15) is 11.6 Å². The summed E-state index contributed by atoms with van der Waals surface area (Å²) in [7, 11) is -3.87. The molecule has 0 bridgehead atoms. The van der Waals surface area contributed by atoms with Gasteiger partial charge in [0.2, 0.25) is 0 Å². The first-order chi connectivity index (χ1) is 19.9. The van der Waals surface area contributed by atoms with Gasteiger partial charge in [-0.25, -0.2) is 15.1 Å². The van der Waals surface area contributed by atoms with Gasteiger partial charge in [-0.15, -0.1) is 0 Å². The van der Waals surface area contributed by atoms with E-state index >= 15 is 0 Å². The molecule has 1 aromatic carbocycles. The molecule has 2 fully saturated rings. The summed E-state index contributed by atoms with van der Waals surface area (Å²) in [6.45, 7) is 9.68. The largest absolute Gasteiger partial charge is 0.353 e. The van der Waals surface area contributed by atoms with Gasteiger partial charge in [0.05, 0.1) is 10.6 Å². The van der Waals surface area contributed by atoms with Crippen molar-refractivity contribution in [1.29, 1.82) is 0 Å². The van der Waals surface area contributed by atoms with E-state index in [2.05, 4.69) is 31.4 Å². The number of H-pyrrole nitrogens is 1. The Morgan fingerprint density at radius 2 is 1.86 bits per heavy atom. The van der Waals surface area contributed by atoms with Gasteiger partial charge in [0.15, 0.2) is 0 Å². The van der Waals surface area contributed by atoms with Crippen molar-refractivity contribution in [3.05, 3.63) is 65.1 Å². The highest BCUT2D eigenvalue weighted by molar-refractivity contribution is 7.87. The molecule has 2 saturated heterocycles. The van der Waals surface area contributed by atoms with Crippen LogP contribution < -0.4 is 14.8 Å². The Morgan fingerprint density at radius 3 is 2.45 bits per heavy atom. The number of pyridine rings is 1. The zero-order valence-electron chi connectivity index (χ0n) is 24.3. The molecule has 5 rings (SSSR count). The predicted molar refractivity (Wildman–Crippen MR) is 164 cm³/mol. The molecule has 42 heavy (non-hydrogen) atoms. The van der Waals surface area contributed by atoms with Crippen LogP contribution in [-0.4, -0.2) is 83.9 Å². The number of carbonyl (C=O) groups is 1. The Kier molecular flexibility index (Phi) is 8.91. The van der Waals surface area contributed by atoms with Crippen LogP contribution in [0, 0.1) is 0 Å². The molecule has 0 unspecified atom stereocenters. The van der Waals surface area contributed by atoms with Crippen LogP contribution in [0.25, 0.3) is 11.4 Å². The lowest BCUT2D eigenvalue weighted by Gasteiger charge is -2.47. The fraction of sp³-hybridized carbons (Fsp3) is 0.483. The number of piperazine rings is 1. The Hall–Kier alpha value is -3.03. The number of carbonyl (C=O) groups excluding carboxylic acids is 1. The first-order valence-electron chi connectivity index (χ1n) is 14.3. The maximum atomic E-state index is 13.3. The number of anilines is 1. The number of imidazole rings is 1. The lowest BCUT2D eigenvalue weighted by Crippen LogP contribution is -2.58. The standard InChI is InChI=1S/C29H39ClN8O3S/c1-4-23-19-37(27-25(30)17-21(18-34-27)26-32-11-12-33-26)15-16-38(23)24-9-13-36(14-10-24)28(39)20-5-7-22(8-6-20)29(2,3)35-42(31,40)41/h5-8,11-12,17-18,23-24,35H,4,9-10,13-16,19H2,1-3H3,(H,32,33)(H2,31,40,41)/t23-/m0/s1. The number of nitrogens with zero attached hydrogens (tertiary/aromatic N) is 5. The highest BCUT2D eigenvalue weighted by Crippen LogP contribution is 2.31. The molecule has 0 radical (unpaired) electrons. The summed E-state index contributed by atoms with van der Waals surface area (Å²) in [4.78, 5) is 32.2. The number of aromatic nitrogens is 3. The van der Waals surface area contributed by atoms with E-state index in [9.17, 15) is 13.2 Å². The topological polar surface area (TPSA) is 141 Å². The molecule has 1 amide bonds. The second-order valence-corrected chi connectivity index (χ2v) is 13.3. The van der Waals surface area contributed by atoms with E-state index in [4.69, 9.17) is 21.7 Å². The summed E-state index contributed by atoms with van der Waals surface area (Å²) < 4.78 is 25.5. The minimum atomic E-state index is -3.87. The Balaban J connectivity index is 1.17. The molecule has 3 aromatic rings. The van der Waals surface area contributed by atoms with Crippen LogP contribution in [0.5, 0.6) is 0 Å². The first kappa shape index (κ1) is 30.4. The summed E-state index contributed by atoms with van der Waals surface area (Å²) in [5, 5.41) is 5.78. The normalized spacial score (nSPS) is 19.3. The molecule has 0 aliphatic carbocycles. The smallest absolute Gasteiger partial charge is 0.275 e. The molecule has 4 heterocycles. The molecule has 11 nitrogen and oxygen atoms in total. The van der Waals surface area contributed by atoms with Gasteiger partial charge in [-0.2, -0.15) is 13.1 Å². The minimum absolute atomic E-state index is 0.00668. The van der Waals surface area contributed by atoms with Crippen LogP contribution in [0.15, 0.2) is 48.9 Å². The molecular weight excluding hydrogens is 576 g/mol. The molecule has 2 aliphatic rings. The zero-order chi connectivity index (χ0) is 30.1. The van der Waals surface area contributed by atoms with Crippen LogP contribution in [0.2, 0.25) is 5.02 Å². The van der Waals surface area contributed by atoms with Gasteiger partial charge < -0.3 is 14.8 Å². The number of benzene rings is 1. The fourth-order valence-electron chi connectivity index (χ4n) is 6.15. The van der Waals surface area contributed by atoms with E-state index in [1.54, 1.807) is 50.5 Å². The summed E-state index contributed by atoms with van der Waals surface area (Å²) in [6.07, 6.45) is 8.16. The van der Waals surface area contributed by atoms with Crippen molar-refractivity contribution in [3.63, 3.8) is 0 Å². The second kappa shape index (κ2) is 12.3. The predicted octanol–water partition coefficient (Wildman–Crippen LogP) is 3.36. The third-order valence-electron chi connectivity index (χ3n) is 8.36. The Morgan fingerprint density at radius 1 is 1.14 bits per heavy atom. The molecule has 2 aromatic heterocycles. The summed E-state index contributed by atoms with van der Waals surface area (Å²) >= 11 is 6.68. The van der Waals surface area contributed by atoms with E-state index < -0.39 is 15.7 Å². The van der Waals surface area contributed by atoms with Gasteiger partial charge in [0.25, 0.3) is 16.1 Å². The van der Waals surface area contributed by atoms with E-state index in [-0.39, 0.29) is 5.91 Å². The third kappa shape index (κ3) is 6.78. The number of nitrogens with one attached hydrogen (secondary N) is 2. The van der Waals surface area contributed by atoms with Gasteiger partial charge in [0, 0.05) is 74.5 Å². The van der Waals surface area contributed by atoms with Crippen molar-refractivity contribution in [1.82, 2.24) is 29.5 Å². The van der Waals surface area contributed by atoms with Crippen molar-refractivity contribution < 1.29 is 13.2 Å². The summed E-state index contributed by atoms with van der Waals surface area (Å²) in [5.74, 6) is 1.54. The second-order valence-electron chi connectivity index (χ2n) is 11.6. The fourth-order valence-corrected chi connectivity index (χ4v) is 7.26. The molecule has 13 heteroatoms. The van der Waals surface area contributed by atoms with Gasteiger partial charge in [-0.05, 0) is 56.9 Å². The molecule has 1 atom stereocenters. The molecule has 226 valence electrons. The molecule has 0 saturated carbocycles. The molecule has 4 N–H and O–H groups in total. The van der Waals surface area contributed by atoms with Crippen LogP contribution in [-0.2, 0) is 15.7 Å². The average Bonchev–Trinajstić information content (AvgIpc) is 3.51. The number of rotatable bonds is 8. The van der Waals surface area contributed by atoms with E-state index in [0.29, 0.717) is 35.8 Å². The van der Waals surface area contributed by atoms with E-state index in [1.807, 2.05) is 17.2 Å². The molecule has 2 aliphatic heterocycles. The Bertz CT molecular complexity index is 1490. The average molecular weight is 615 g/mol. The van der Waals surface area contributed by atoms with Crippen molar-refractivity contribution in [2.45, 2.75) is 57.7 Å². The van der Waals surface area contributed by atoms with E-state index in [1.165, 1.54) is 0 Å². The van der Waals surface area contributed by atoms with Crippen LogP contribution in [0.1, 0.15) is 56.0 Å². The van der Waals surface area contributed by atoms with Crippen molar-refractivity contribution in [3.8, 4) is 11.4 Å². The number of nitrogens with two attached hydrogens (primary N) is 1. The number of amides is 1. The zero-order valence-corrected chi connectivity index (χ0v) is 25.8. The number of hydrogen-bond donors (Lipinski definition) is 3. The SMILES string of the molecule is CC[C@H]1CN(c2ncc(-c3ncc[nH]3)cc2Cl)CCN1C1CCN(C(=O)c2ccc(C(C)(C)NS(N)(=O)=O)cc2)CC1. The number of aromatic amines is 1. The van der Waals surface area contributed by atoms with Crippen molar-refractivity contribution in [2.75, 3.05) is 37.6 Å². The minimum Gasteiger partial charge on any atom is -0.353 e. The lowest BCUT2D eigenvalue weighted by molar-refractivity contribution is 0.0491. The number of likely N-dealkylation sites (tertiary alicyclic amines) is 1. The monoisotopic (exact) mass is 614 g/mol. The summed E-state index contributed by atoms with van der Waals surface area (Å²) in [6, 6.07) is 9.75. The maximum Gasteiger partial charge on any atom is 0.275 e. The van der Waals surface area contributed by atoms with Crippen molar-refractivity contribution in [2.24, 2.45) is 5.14 Å². The lowest BCUT2D eigenvalue weighted by atomic mass is 9.94. The molecular formula is C29H39ClN8O3S. The van der Waals surface area contributed by atoms with Gasteiger partial charge in [-0.3, -0.25) is 9.69 Å². The van der Waals surface area contributed by atoms with Crippen LogP contribution >= 0.6 is 11.6 Å². The highest BCUT2D eigenvalue weighted by Gasteiger charge is 2.35. The van der Waals surface area contributed by atoms with E-state index in [0.717, 1.165) is 61.7 Å². The number of piperidine rings is 1. The van der Waals surface area contributed by atoms with Gasteiger partial charge >= 0.3 is 0 Å². The maximum absolute atomic E-state index is 13.3. The number of hydrogen-bond acceptors (Lipinski definition) is 7. The highest BCUT2D eigenvalue weighted by atomic mass is 35.5. The molecule has 0 spiro atoms.